The largest absolute Gasteiger partial charge is 0.469 e. The lowest BCUT2D eigenvalue weighted by molar-refractivity contribution is -0.120. The number of carbonyl (C=O) groups is 2. The highest BCUT2D eigenvalue weighted by molar-refractivity contribution is 7.13. The van der Waals surface area contributed by atoms with Gasteiger partial charge in [-0.25, -0.2) is 0 Å². The van der Waals surface area contributed by atoms with Crippen molar-refractivity contribution in [3.63, 3.8) is 0 Å². The van der Waals surface area contributed by atoms with Crippen LogP contribution in [0.2, 0.25) is 0 Å². The number of hydrogen-bond acceptors (Lipinski definition) is 4. The first-order valence-corrected chi connectivity index (χ1v) is 8.02. The molecular formula is C16H20N2O3S. The SMILES string of the molecule is Cc1ccc(C(=O)NCC(=O)NC(C)CCc2ccco2)s1. The maximum atomic E-state index is 11.8. The Morgan fingerprint density at radius 1 is 1.32 bits per heavy atom. The number of thiophene rings is 1. The zero-order valence-corrected chi connectivity index (χ0v) is 13.5. The second-order valence-corrected chi connectivity index (χ2v) is 6.47. The van der Waals surface area contributed by atoms with E-state index >= 15 is 0 Å². The Balaban J connectivity index is 1.67. The van der Waals surface area contributed by atoms with Crippen LogP contribution in [0.25, 0.3) is 0 Å². The van der Waals surface area contributed by atoms with Gasteiger partial charge in [-0.15, -0.1) is 11.3 Å². The smallest absolute Gasteiger partial charge is 0.261 e. The quantitative estimate of drug-likeness (QED) is 0.823. The molecule has 6 heteroatoms. The van der Waals surface area contributed by atoms with E-state index in [4.69, 9.17) is 4.42 Å². The van der Waals surface area contributed by atoms with Gasteiger partial charge in [-0.2, -0.15) is 0 Å². The third-order valence-electron chi connectivity index (χ3n) is 3.18. The summed E-state index contributed by atoms with van der Waals surface area (Å²) in [6, 6.07) is 7.44. The fraction of sp³-hybridized carbons (Fsp3) is 0.375. The van der Waals surface area contributed by atoms with Gasteiger partial charge < -0.3 is 15.1 Å². The van der Waals surface area contributed by atoms with Gasteiger partial charge in [0.15, 0.2) is 0 Å². The molecule has 0 spiro atoms. The van der Waals surface area contributed by atoms with Crippen LogP contribution in [0.15, 0.2) is 34.9 Å². The summed E-state index contributed by atoms with van der Waals surface area (Å²) in [5, 5.41) is 5.49. The summed E-state index contributed by atoms with van der Waals surface area (Å²) < 4.78 is 5.25. The van der Waals surface area contributed by atoms with Crippen molar-refractivity contribution in [1.29, 1.82) is 0 Å². The molecule has 1 atom stereocenters. The molecule has 0 saturated heterocycles. The van der Waals surface area contributed by atoms with Crippen LogP contribution in [0.4, 0.5) is 0 Å². The number of aryl methyl sites for hydroxylation is 2. The van der Waals surface area contributed by atoms with Crippen LogP contribution in [0.3, 0.4) is 0 Å². The predicted molar refractivity (Wildman–Crippen MR) is 86.0 cm³/mol. The second kappa shape index (κ2) is 7.79. The lowest BCUT2D eigenvalue weighted by Gasteiger charge is -2.13. The fourth-order valence-electron chi connectivity index (χ4n) is 2.02. The lowest BCUT2D eigenvalue weighted by atomic mass is 10.1. The number of rotatable bonds is 7. The number of nitrogens with one attached hydrogen (secondary N) is 2. The Morgan fingerprint density at radius 2 is 2.14 bits per heavy atom. The molecule has 2 heterocycles. The van der Waals surface area contributed by atoms with E-state index in [1.807, 2.05) is 32.0 Å². The number of furan rings is 1. The number of hydrogen-bond donors (Lipinski definition) is 2. The summed E-state index contributed by atoms with van der Waals surface area (Å²) >= 11 is 1.41. The van der Waals surface area contributed by atoms with Gasteiger partial charge in [0.25, 0.3) is 5.91 Å². The van der Waals surface area contributed by atoms with Gasteiger partial charge in [0.1, 0.15) is 5.76 Å². The highest BCUT2D eigenvalue weighted by atomic mass is 32.1. The molecule has 0 aliphatic carbocycles. The van der Waals surface area contributed by atoms with Gasteiger partial charge in [-0.3, -0.25) is 9.59 Å². The van der Waals surface area contributed by atoms with E-state index in [0.717, 1.165) is 23.5 Å². The first-order chi connectivity index (χ1) is 10.5. The minimum absolute atomic E-state index is 0.0130. The van der Waals surface area contributed by atoms with E-state index < -0.39 is 0 Å². The Morgan fingerprint density at radius 3 is 2.77 bits per heavy atom. The zero-order chi connectivity index (χ0) is 15.9. The molecule has 118 valence electrons. The highest BCUT2D eigenvalue weighted by Gasteiger charge is 2.12. The molecule has 0 aliphatic rings. The average molecular weight is 320 g/mol. The minimum atomic E-state index is -0.212. The normalized spacial score (nSPS) is 11.9. The molecule has 2 rings (SSSR count). The van der Waals surface area contributed by atoms with Gasteiger partial charge >= 0.3 is 0 Å². The fourth-order valence-corrected chi connectivity index (χ4v) is 2.80. The van der Waals surface area contributed by atoms with Crippen molar-refractivity contribution in [2.24, 2.45) is 0 Å². The standard InChI is InChI=1S/C16H20N2O3S/c1-11(5-7-13-4-3-9-21-13)18-15(19)10-17-16(20)14-8-6-12(2)22-14/h3-4,6,8-9,11H,5,7,10H2,1-2H3,(H,17,20)(H,18,19). The van der Waals surface area contributed by atoms with E-state index in [-0.39, 0.29) is 24.4 Å². The Kier molecular flexibility index (Phi) is 5.77. The van der Waals surface area contributed by atoms with E-state index in [0.29, 0.717) is 4.88 Å². The summed E-state index contributed by atoms with van der Waals surface area (Å²) in [7, 11) is 0. The molecule has 5 nitrogen and oxygen atoms in total. The average Bonchev–Trinajstić information content (AvgIpc) is 3.14. The van der Waals surface area contributed by atoms with Gasteiger partial charge in [0, 0.05) is 17.3 Å². The van der Waals surface area contributed by atoms with Crippen LogP contribution in [-0.4, -0.2) is 24.4 Å². The van der Waals surface area contributed by atoms with Crippen LogP contribution < -0.4 is 10.6 Å². The first kappa shape index (κ1) is 16.3. The lowest BCUT2D eigenvalue weighted by Crippen LogP contribution is -2.40. The molecule has 2 amide bonds. The van der Waals surface area contributed by atoms with Crippen molar-refractivity contribution in [2.45, 2.75) is 32.7 Å². The van der Waals surface area contributed by atoms with E-state index in [1.165, 1.54) is 11.3 Å². The Labute approximate surface area is 133 Å². The van der Waals surface area contributed by atoms with Gasteiger partial charge in [-0.05, 0) is 44.5 Å². The molecule has 2 N–H and O–H groups in total. The number of amides is 2. The molecular weight excluding hydrogens is 300 g/mol. The van der Waals surface area contributed by atoms with Gasteiger partial charge in [-0.1, -0.05) is 0 Å². The van der Waals surface area contributed by atoms with Crippen LogP contribution >= 0.6 is 11.3 Å². The molecule has 2 aromatic rings. The topological polar surface area (TPSA) is 71.3 Å². The Bertz CT molecular complexity index is 619. The summed E-state index contributed by atoms with van der Waals surface area (Å²) in [4.78, 5) is 25.3. The Hall–Kier alpha value is -2.08. The molecule has 0 bridgehead atoms. The molecule has 0 saturated carbocycles. The van der Waals surface area contributed by atoms with Crippen LogP contribution in [0.1, 0.15) is 33.7 Å². The second-order valence-electron chi connectivity index (χ2n) is 5.18. The third-order valence-corrected chi connectivity index (χ3v) is 4.18. The summed E-state index contributed by atoms with van der Waals surface area (Å²) in [6.07, 6.45) is 3.20. The molecule has 1 unspecified atom stereocenters. The molecule has 0 aromatic carbocycles. The van der Waals surface area contributed by atoms with E-state index in [2.05, 4.69) is 10.6 Å². The molecule has 22 heavy (non-hydrogen) atoms. The molecule has 0 radical (unpaired) electrons. The van der Waals surface area contributed by atoms with Crippen LogP contribution in [0, 0.1) is 6.92 Å². The minimum Gasteiger partial charge on any atom is -0.469 e. The first-order valence-electron chi connectivity index (χ1n) is 7.21. The van der Waals surface area contributed by atoms with Crippen molar-refractivity contribution >= 4 is 23.2 Å². The summed E-state index contributed by atoms with van der Waals surface area (Å²) in [5.41, 5.74) is 0. The predicted octanol–water partition coefficient (Wildman–Crippen LogP) is 2.52. The third kappa shape index (κ3) is 5.04. The maximum absolute atomic E-state index is 11.8. The summed E-state index contributed by atoms with van der Waals surface area (Å²) in [6.45, 7) is 3.86. The maximum Gasteiger partial charge on any atom is 0.261 e. The summed E-state index contributed by atoms with van der Waals surface area (Å²) in [5.74, 6) is 0.507. The van der Waals surface area contributed by atoms with Crippen LogP contribution in [0.5, 0.6) is 0 Å². The number of carbonyl (C=O) groups excluding carboxylic acids is 2. The van der Waals surface area contributed by atoms with Crippen molar-refractivity contribution < 1.29 is 14.0 Å². The van der Waals surface area contributed by atoms with E-state index in [1.54, 1.807) is 12.3 Å². The van der Waals surface area contributed by atoms with Crippen molar-refractivity contribution in [1.82, 2.24) is 10.6 Å². The van der Waals surface area contributed by atoms with Gasteiger partial charge in [0.05, 0.1) is 17.7 Å². The molecule has 2 aromatic heterocycles. The van der Waals surface area contributed by atoms with Crippen molar-refractivity contribution in [2.75, 3.05) is 6.54 Å². The van der Waals surface area contributed by atoms with E-state index in [9.17, 15) is 9.59 Å². The zero-order valence-electron chi connectivity index (χ0n) is 12.7. The molecule has 0 aliphatic heterocycles. The molecule has 0 fully saturated rings. The van der Waals surface area contributed by atoms with Gasteiger partial charge in [0.2, 0.25) is 5.91 Å². The monoisotopic (exact) mass is 320 g/mol. The van der Waals surface area contributed by atoms with Crippen molar-refractivity contribution in [3.8, 4) is 0 Å². The van der Waals surface area contributed by atoms with Crippen molar-refractivity contribution in [3.05, 3.63) is 46.0 Å². The highest BCUT2D eigenvalue weighted by Crippen LogP contribution is 2.14. The van der Waals surface area contributed by atoms with Crippen LogP contribution in [-0.2, 0) is 11.2 Å².